The second kappa shape index (κ2) is 10.3. The van der Waals surface area contributed by atoms with E-state index >= 15 is 0 Å². The average Bonchev–Trinajstić information content (AvgIpc) is 2.39. The predicted molar refractivity (Wildman–Crippen MR) is 79.7 cm³/mol. The minimum atomic E-state index is 0.757. The highest BCUT2D eigenvalue weighted by molar-refractivity contribution is 6.17. The first-order chi connectivity index (χ1) is 8.86. The molecule has 0 spiro atoms. The number of halogens is 1. The highest BCUT2D eigenvalue weighted by Gasteiger charge is 1.97. The monoisotopic (exact) mass is 268 g/mol. The number of hydrogen-bond acceptors (Lipinski definition) is 1. The van der Waals surface area contributed by atoms with Crippen LogP contribution < -0.4 is 4.74 Å². The van der Waals surface area contributed by atoms with Crippen LogP contribution in [0.5, 0.6) is 5.75 Å². The Hall–Kier alpha value is -0.690. The molecule has 0 bridgehead atoms. The molecule has 0 saturated carbocycles. The van der Waals surface area contributed by atoms with Crippen LogP contribution >= 0.6 is 11.6 Å². The zero-order chi connectivity index (χ0) is 13.1. The molecule has 0 N–H and O–H groups in total. The van der Waals surface area contributed by atoms with Crippen molar-refractivity contribution in [3.05, 3.63) is 29.8 Å². The number of alkyl halides is 1. The van der Waals surface area contributed by atoms with E-state index in [1.807, 2.05) is 6.07 Å². The quantitative estimate of drug-likeness (QED) is 0.418. The first kappa shape index (κ1) is 15.4. The predicted octanol–water partition coefficient (Wildman–Crippen LogP) is 5.21. The molecule has 0 atom stereocenters. The van der Waals surface area contributed by atoms with E-state index in [1.54, 1.807) is 0 Å². The van der Waals surface area contributed by atoms with Crippen LogP contribution in [-0.2, 0) is 6.42 Å². The summed E-state index contributed by atoms with van der Waals surface area (Å²) in [7, 11) is 0. The van der Waals surface area contributed by atoms with Gasteiger partial charge in [0, 0.05) is 5.88 Å². The molecule has 1 aromatic rings. The zero-order valence-corrected chi connectivity index (χ0v) is 12.2. The first-order valence-corrected chi connectivity index (χ1v) is 7.68. The van der Waals surface area contributed by atoms with E-state index in [2.05, 4.69) is 25.1 Å². The molecule has 0 aliphatic carbocycles. The topological polar surface area (TPSA) is 9.23 Å². The van der Waals surface area contributed by atoms with Crippen molar-refractivity contribution in [2.24, 2.45) is 0 Å². The van der Waals surface area contributed by atoms with Crippen molar-refractivity contribution in [3.63, 3.8) is 0 Å². The van der Waals surface area contributed by atoms with Crippen molar-refractivity contribution in [1.29, 1.82) is 0 Å². The van der Waals surface area contributed by atoms with E-state index in [1.165, 1.54) is 24.8 Å². The Kier molecular flexibility index (Phi) is 8.75. The summed E-state index contributed by atoms with van der Waals surface area (Å²) in [6.07, 6.45) is 8.35. The third-order valence-electron chi connectivity index (χ3n) is 3.01. The molecule has 0 aliphatic rings. The maximum Gasteiger partial charge on any atom is 0.119 e. The Morgan fingerprint density at radius 3 is 2.72 bits per heavy atom. The molecular weight excluding hydrogens is 244 g/mol. The molecule has 2 heteroatoms. The smallest absolute Gasteiger partial charge is 0.119 e. The van der Waals surface area contributed by atoms with Crippen LogP contribution in [0.1, 0.15) is 51.0 Å². The molecule has 1 nitrogen and oxygen atoms in total. The summed E-state index contributed by atoms with van der Waals surface area (Å²) in [6, 6.07) is 8.51. The zero-order valence-electron chi connectivity index (χ0n) is 11.5. The fraction of sp³-hybridized carbons (Fsp3) is 0.625. The summed E-state index contributed by atoms with van der Waals surface area (Å²) in [5, 5.41) is 0. The Balaban J connectivity index is 2.26. The van der Waals surface area contributed by atoms with E-state index in [4.69, 9.17) is 16.3 Å². The SMILES string of the molecule is CCCCCc1cccc(OCCCCCCl)c1. The van der Waals surface area contributed by atoms with Crippen molar-refractivity contribution in [2.75, 3.05) is 12.5 Å². The summed E-state index contributed by atoms with van der Waals surface area (Å²) in [5.41, 5.74) is 1.39. The fourth-order valence-electron chi connectivity index (χ4n) is 1.93. The standard InChI is InChI=1S/C16H25ClO/c1-2-3-5-9-15-10-8-11-16(14-15)18-13-7-4-6-12-17/h8,10-11,14H,2-7,9,12-13H2,1H3. The molecule has 0 aliphatic heterocycles. The van der Waals surface area contributed by atoms with Crippen LogP contribution in [0.2, 0.25) is 0 Å². The van der Waals surface area contributed by atoms with Crippen molar-refractivity contribution >= 4 is 11.6 Å². The van der Waals surface area contributed by atoms with Gasteiger partial charge in [0.05, 0.1) is 6.61 Å². The van der Waals surface area contributed by atoms with Crippen LogP contribution in [0.4, 0.5) is 0 Å². The van der Waals surface area contributed by atoms with E-state index in [0.29, 0.717) is 0 Å². The summed E-state index contributed by atoms with van der Waals surface area (Å²) >= 11 is 5.64. The Bertz CT molecular complexity index is 312. The number of ether oxygens (including phenoxy) is 1. The Labute approximate surface area is 116 Å². The number of unbranched alkanes of at least 4 members (excludes halogenated alkanes) is 4. The highest BCUT2D eigenvalue weighted by atomic mass is 35.5. The summed E-state index contributed by atoms with van der Waals surface area (Å²) in [5.74, 6) is 1.77. The normalized spacial score (nSPS) is 10.6. The fourth-order valence-corrected chi connectivity index (χ4v) is 2.12. The summed E-state index contributed by atoms with van der Waals surface area (Å²) < 4.78 is 5.76. The van der Waals surface area contributed by atoms with Gasteiger partial charge in [-0.3, -0.25) is 0 Å². The maximum absolute atomic E-state index is 5.76. The largest absolute Gasteiger partial charge is 0.494 e. The van der Waals surface area contributed by atoms with Gasteiger partial charge in [-0.25, -0.2) is 0 Å². The summed E-state index contributed by atoms with van der Waals surface area (Å²) in [6.45, 7) is 3.04. The van der Waals surface area contributed by atoms with Crippen molar-refractivity contribution < 1.29 is 4.74 Å². The Morgan fingerprint density at radius 2 is 1.94 bits per heavy atom. The van der Waals surface area contributed by atoms with E-state index in [-0.39, 0.29) is 0 Å². The minimum Gasteiger partial charge on any atom is -0.494 e. The second-order valence-corrected chi connectivity index (χ2v) is 5.08. The van der Waals surface area contributed by atoms with Crippen LogP contribution in [0.25, 0.3) is 0 Å². The highest BCUT2D eigenvalue weighted by Crippen LogP contribution is 2.16. The van der Waals surface area contributed by atoms with Gasteiger partial charge in [-0.2, -0.15) is 0 Å². The first-order valence-electron chi connectivity index (χ1n) is 7.14. The van der Waals surface area contributed by atoms with E-state index in [9.17, 15) is 0 Å². The molecule has 0 saturated heterocycles. The number of aryl methyl sites for hydroxylation is 1. The molecule has 0 amide bonds. The van der Waals surface area contributed by atoms with Crippen molar-refractivity contribution in [1.82, 2.24) is 0 Å². The third-order valence-corrected chi connectivity index (χ3v) is 3.28. The molecule has 0 aromatic heterocycles. The second-order valence-electron chi connectivity index (χ2n) is 4.70. The lowest BCUT2D eigenvalue weighted by Gasteiger charge is -2.08. The maximum atomic E-state index is 5.76. The number of benzene rings is 1. The number of rotatable bonds is 10. The van der Waals surface area contributed by atoms with Gasteiger partial charge < -0.3 is 4.74 Å². The molecule has 1 rings (SSSR count). The van der Waals surface area contributed by atoms with Gasteiger partial charge in [0.2, 0.25) is 0 Å². The molecular formula is C16H25ClO. The van der Waals surface area contributed by atoms with Gasteiger partial charge >= 0.3 is 0 Å². The molecule has 0 radical (unpaired) electrons. The molecule has 102 valence electrons. The minimum absolute atomic E-state index is 0.757. The molecule has 1 aromatic carbocycles. The lowest BCUT2D eigenvalue weighted by Crippen LogP contribution is -1.98. The lowest BCUT2D eigenvalue weighted by atomic mass is 10.1. The summed E-state index contributed by atoms with van der Waals surface area (Å²) in [4.78, 5) is 0. The van der Waals surface area contributed by atoms with Gasteiger partial charge in [0.1, 0.15) is 5.75 Å². The number of hydrogen-bond donors (Lipinski definition) is 0. The van der Waals surface area contributed by atoms with Crippen LogP contribution in [0, 0.1) is 0 Å². The van der Waals surface area contributed by atoms with E-state index in [0.717, 1.165) is 43.9 Å². The van der Waals surface area contributed by atoms with Gasteiger partial charge in [0.25, 0.3) is 0 Å². The van der Waals surface area contributed by atoms with Gasteiger partial charge in [0.15, 0.2) is 0 Å². The van der Waals surface area contributed by atoms with Crippen LogP contribution in [0.15, 0.2) is 24.3 Å². The van der Waals surface area contributed by atoms with Crippen LogP contribution in [0.3, 0.4) is 0 Å². The van der Waals surface area contributed by atoms with E-state index < -0.39 is 0 Å². The van der Waals surface area contributed by atoms with Crippen LogP contribution in [-0.4, -0.2) is 12.5 Å². The van der Waals surface area contributed by atoms with Gasteiger partial charge in [-0.15, -0.1) is 11.6 Å². The lowest BCUT2D eigenvalue weighted by molar-refractivity contribution is 0.306. The molecule has 0 heterocycles. The van der Waals surface area contributed by atoms with Crippen molar-refractivity contribution in [3.8, 4) is 5.75 Å². The van der Waals surface area contributed by atoms with Gasteiger partial charge in [-0.05, 0) is 49.8 Å². The molecule has 0 unspecified atom stereocenters. The molecule has 0 fully saturated rings. The van der Waals surface area contributed by atoms with Gasteiger partial charge in [-0.1, -0.05) is 31.9 Å². The Morgan fingerprint density at radius 1 is 1.06 bits per heavy atom. The third kappa shape index (κ3) is 6.90. The average molecular weight is 269 g/mol. The van der Waals surface area contributed by atoms with Crippen molar-refractivity contribution in [2.45, 2.75) is 51.9 Å². The molecule has 18 heavy (non-hydrogen) atoms.